The van der Waals surface area contributed by atoms with E-state index in [1.54, 1.807) is 0 Å². The van der Waals surface area contributed by atoms with Crippen molar-refractivity contribution < 1.29 is 9.50 Å². The lowest BCUT2D eigenvalue weighted by Gasteiger charge is -2.07. The van der Waals surface area contributed by atoms with Crippen LogP contribution in [0.1, 0.15) is 11.1 Å². The highest BCUT2D eigenvalue weighted by Crippen LogP contribution is 2.16. The molecule has 94 valence electrons. The van der Waals surface area contributed by atoms with Gasteiger partial charge in [0, 0.05) is 12.7 Å². The van der Waals surface area contributed by atoms with E-state index in [0.717, 1.165) is 11.1 Å². The molecule has 2 rings (SSSR count). The molecule has 0 atom stereocenters. The van der Waals surface area contributed by atoms with Crippen LogP contribution >= 0.6 is 11.6 Å². The van der Waals surface area contributed by atoms with Crippen molar-refractivity contribution in [1.29, 1.82) is 0 Å². The summed E-state index contributed by atoms with van der Waals surface area (Å²) >= 11 is 5.62. The second-order valence-corrected chi connectivity index (χ2v) is 4.25. The highest BCUT2D eigenvalue weighted by atomic mass is 35.5. The maximum Gasteiger partial charge on any atom is 0.166 e. The first kappa shape index (κ1) is 12.8. The van der Waals surface area contributed by atoms with E-state index < -0.39 is 5.82 Å². The lowest BCUT2D eigenvalue weighted by molar-refractivity contribution is 0.281. The summed E-state index contributed by atoms with van der Waals surface area (Å²) in [6, 6.07) is 8.61. The third-order valence-electron chi connectivity index (χ3n) is 2.44. The van der Waals surface area contributed by atoms with Gasteiger partial charge in [-0.25, -0.2) is 9.37 Å². The van der Waals surface area contributed by atoms with E-state index in [0.29, 0.717) is 6.54 Å². The third-order valence-corrected chi connectivity index (χ3v) is 2.65. The van der Waals surface area contributed by atoms with Gasteiger partial charge in [-0.3, -0.25) is 0 Å². The van der Waals surface area contributed by atoms with Crippen molar-refractivity contribution in [3.8, 4) is 0 Å². The Hall–Kier alpha value is -1.65. The first-order chi connectivity index (χ1) is 8.69. The van der Waals surface area contributed by atoms with E-state index >= 15 is 0 Å². The monoisotopic (exact) mass is 266 g/mol. The molecule has 0 fully saturated rings. The first-order valence-corrected chi connectivity index (χ1v) is 5.80. The van der Waals surface area contributed by atoms with Gasteiger partial charge in [-0.05, 0) is 17.2 Å². The van der Waals surface area contributed by atoms with Gasteiger partial charge in [-0.15, -0.1) is 0 Å². The summed E-state index contributed by atoms with van der Waals surface area (Å²) in [5, 5.41) is 12.2. The van der Waals surface area contributed by atoms with E-state index in [1.165, 1.54) is 12.3 Å². The molecule has 1 heterocycles. The van der Waals surface area contributed by atoms with Crippen LogP contribution in [0, 0.1) is 5.82 Å². The average molecular weight is 267 g/mol. The van der Waals surface area contributed by atoms with E-state index in [1.807, 2.05) is 24.3 Å². The van der Waals surface area contributed by atoms with Crippen molar-refractivity contribution >= 4 is 17.4 Å². The van der Waals surface area contributed by atoms with E-state index in [4.69, 9.17) is 16.7 Å². The SMILES string of the molecule is OCc1cccc(CNc2ncc(Cl)cc2F)c1. The second kappa shape index (κ2) is 5.80. The molecule has 0 aliphatic heterocycles. The Balaban J connectivity index is 2.06. The fraction of sp³-hybridized carbons (Fsp3) is 0.154. The zero-order valence-electron chi connectivity index (χ0n) is 9.53. The first-order valence-electron chi connectivity index (χ1n) is 5.42. The van der Waals surface area contributed by atoms with Crippen LogP contribution in [-0.2, 0) is 13.2 Å². The van der Waals surface area contributed by atoms with Gasteiger partial charge in [0.15, 0.2) is 11.6 Å². The van der Waals surface area contributed by atoms with Crippen LogP contribution in [0.5, 0.6) is 0 Å². The fourth-order valence-electron chi connectivity index (χ4n) is 1.57. The summed E-state index contributed by atoms with van der Waals surface area (Å²) in [4.78, 5) is 3.87. The predicted octanol–water partition coefficient (Wildman–Crippen LogP) is 2.98. The molecule has 0 aliphatic rings. The van der Waals surface area contributed by atoms with Crippen LogP contribution in [0.4, 0.5) is 10.2 Å². The van der Waals surface area contributed by atoms with Gasteiger partial charge in [-0.2, -0.15) is 0 Å². The minimum Gasteiger partial charge on any atom is -0.392 e. The molecule has 1 aromatic carbocycles. The molecule has 0 bridgehead atoms. The highest BCUT2D eigenvalue weighted by Gasteiger charge is 2.04. The summed E-state index contributed by atoms with van der Waals surface area (Å²) in [6.45, 7) is 0.417. The number of rotatable bonds is 4. The molecule has 18 heavy (non-hydrogen) atoms. The number of halogens is 2. The number of aliphatic hydroxyl groups excluding tert-OH is 1. The van der Waals surface area contributed by atoms with Crippen molar-refractivity contribution in [1.82, 2.24) is 4.98 Å². The molecule has 0 spiro atoms. The van der Waals surface area contributed by atoms with Crippen molar-refractivity contribution in [2.45, 2.75) is 13.2 Å². The summed E-state index contributed by atoms with van der Waals surface area (Å²) in [6.07, 6.45) is 1.39. The van der Waals surface area contributed by atoms with E-state index in [9.17, 15) is 4.39 Å². The smallest absolute Gasteiger partial charge is 0.166 e. The molecule has 5 heteroatoms. The fourth-order valence-corrected chi connectivity index (χ4v) is 1.71. The van der Waals surface area contributed by atoms with Crippen LogP contribution < -0.4 is 5.32 Å². The normalized spacial score (nSPS) is 10.4. The molecule has 1 aromatic heterocycles. The number of pyridine rings is 1. The Labute approximate surface area is 109 Å². The highest BCUT2D eigenvalue weighted by molar-refractivity contribution is 6.30. The molecule has 3 nitrogen and oxygen atoms in total. The van der Waals surface area contributed by atoms with Crippen molar-refractivity contribution in [3.63, 3.8) is 0 Å². The number of hydrogen-bond acceptors (Lipinski definition) is 3. The van der Waals surface area contributed by atoms with E-state index in [-0.39, 0.29) is 17.4 Å². The number of benzene rings is 1. The third kappa shape index (κ3) is 3.18. The molecule has 2 aromatic rings. The molecule has 0 aliphatic carbocycles. The Kier molecular flexibility index (Phi) is 4.12. The van der Waals surface area contributed by atoms with Crippen LogP contribution in [0.3, 0.4) is 0 Å². The minimum absolute atomic E-state index is 0.0125. The molecular weight excluding hydrogens is 255 g/mol. The van der Waals surface area contributed by atoms with Gasteiger partial charge in [-0.1, -0.05) is 35.9 Å². The number of nitrogens with zero attached hydrogens (tertiary/aromatic N) is 1. The topological polar surface area (TPSA) is 45.1 Å². The van der Waals surface area contributed by atoms with Crippen LogP contribution in [0.15, 0.2) is 36.5 Å². The minimum atomic E-state index is -0.485. The Morgan fingerprint density at radius 2 is 2.06 bits per heavy atom. The average Bonchev–Trinajstić information content (AvgIpc) is 2.38. The maximum absolute atomic E-state index is 13.4. The molecule has 0 saturated heterocycles. The predicted molar refractivity (Wildman–Crippen MR) is 68.9 cm³/mol. The number of hydrogen-bond donors (Lipinski definition) is 2. The van der Waals surface area contributed by atoms with Crippen molar-refractivity contribution in [2.75, 3.05) is 5.32 Å². The summed E-state index contributed by atoms with van der Waals surface area (Å²) in [5.41, 5.74) is 1.76. The second-order valence-electron chi connectivity index (χ2n) is 3.82. The molecule has 0 saturated carbocycles. The van der Waals surface area contributed by atoms with Crippen molar-refractivity contribution in [3.05, 3.63) is 58.5 Å². The zero-order chi connectivity index (χ0) is 13.0. The molecule has 0 radical (unpaired) electrons. The maximum atomic E-state index is 13.4. The van der Waals surface area contributed by atoms with Gasteiger partial charge in [0.1, 0.15) is 0 Å². The number of nitrogens with one attached hydrogen (secondary N) is 1. The molecule has 2 N–H and O–H groups in total. The van der Waals surface area contributed by atoms with Crippen molar-refractivity contribution in [2.24, 2.45) is 0 Å². The van der Waals surface area contributed by atoms with Crippen LogP contribution in [-0.4, -0.2) is 10.1 Å². The number of anilines is 1. The Bertz CT molecular complexity index is 548. The largest absolute Gasteiger partial charge is 0.392 e. The Morgan fingerprint density at radius 1 is 1.28 bits per heavy atom. The lowest BCUT2D eigenvalue weighted by Crippen LogP contribution is -2.03. The van der Waals surface area contributed by atoms with Gasteiger partial charge >= 0.3 is 0 Å². The Morgan fingerprint density at radius 3 is 2.78 bits per heavy atom. The van der Waals surface area contributed by atoms with Crippen LogP contribution in [0.25, 0.3) is 0 Å². The van der Waals surface area contributed by atoms with Gasteiger partial charge in [0.25, 0.3) is 0 Å². The number of aromatic nitrogens is 1. The van der Waals surface area contributed by atoms with Gasteiger partial charge in [0.05, 0.1) is 11.6 Å². The zero-order valence-corrected chi connectivity index (χ0v) is 10.3. The lowest BCUT2D eigenvalue weighted by atomic mass is 10.1. The van der Waals surface area contributed by atoms with E-state index in [2.05, 4.69) is 10.3 Å². The number of aliphatic hydroxyl groups is 1. The summed E-state index contributed by atoms with van der Waals surface area (Å²) in [7, 11) is 0. The molecule has 0 unspecified atom stereocenters. The summed E-state index contributed by atoms with van der Waals surface area (Å²) in [5.74, 6) is -0.324. The molecule has 0 amide bonds. The standard InChI is InChI=1S/C13H12ClFN2O/c14-11-5-12(15)13(17-7-11)16-6-9-2-1-3-10(4-9)8-18/h1-5,7,18H,6,8H2,(H,16,17). The quantitative estimate of drug-likeness (QED) is 0.894. The van der Waals surface area contributed by atoms with Crippen LogP contribution in [0.2, 0.25) is 5.02 Å². The van der Waals surface area contributed by atoms with Gasteiger partial charge < -0.3 is 10.4 Å². The summed E-state index contributed by atoms with van der Waals surface area (Å²) < 4.78 is 13.4. The van der Waals surface area contributed by atoms with Gasteiger partial charge in [0.2, 0.25) is 0 Å². The molecular formula is C13H12ClFN2O.